The van der Waals surface area contributed by atoms with E-state index in [2.05, 4.69) is 20.2 Å². The van der Waals surface area contributed by atoms with Crippen LogP contribution in [0.3, 0.4) is 0 Å². The monoisotopic (exact) mass is 490 g/mol. The Bertz CT molecular complexity index is 1440. The molecule has 3 aromatic heterocycles. The molecule has 0 radical (unpaired) electrons. The summed E-state index contributed by atoms with van der Waals surface area (Å²) in [6.07, 6.45) is 3.27. The molecule has 1 amide bonds. The zero-order valence-electron chi connectivity index (χ0n) is 20.9. The van der Waals surface area contributed by atoms with E-state index in [1.54, 1.807) is 21.7 Å². The van der Waals surface area contributed by atoms with Crippen molar-refractivity contribution in [3.8, 4) is 11.5 Å². The number of carbonyl (C=O) groups is 1. The van der Waals surface area contributed by atoms with Gasteiger partial charge in [-0.05, 0) is 46.1 Å². The van der Waals surface area contributed by atoms with Gasteiger partial charge in [-0.2, -0.15) is 10.1 Å². The standard InChI is InChI=1S/C26H30N6O4/c1-16-5-7-17(8-6-16)13-21-28-24(36-30-21)19-15-27-32-20(14-22(33)29-23(19)32)18-9-11-31(12-10-18)25(34)35-26(2,3)4/h5-8,14-15,18H,9-13H2,1-4H3,(H,29,33). The third kappa shape index (κ3) is 5.02. The highest BCUT2D eigenvalue weighted by atomic mass is 16.6. The number of hydrogen-bond acceptors (Lipinski definition) is 7. The molecule has 4 heterocycles. The van der Waals surface area contributed by atoms with E-state index in [4.69, 9.17) is 9.26 Å². The smallest absolute Gasteiger partial charge is 0.410 e. The molecule has 0 atom stereocenters. The minimum atomic E-state index is -0.535. The van der Waals surface area contributed by atoms with Crippen molar-refractivity contribution in [2.45, 2.75) is 58.5 Å². The van der Waals surface area contributed by atoms with Crippen LogP contribution in [0.4, 0.5) is 4.79 Å². The van der Waals surface area contributed by atoms with Crippen LogP contribution in [0, 0.1) is 6.92 Å². The Morgan fingerprint density at radius 2 is 1.92 bits per heavy atom. The summed E-state index contributed by atoms with van der Waals surface area (Å²) in [5, 5.41) is 8.65. The van der Waals surface area contributed by atoms with Crippen LogP contribution in [0.1, 0.15) is 62.2 Å². The molecule has 1 saturated heterocycles. The largest absolute Gasteiger partial charge is 0.444 e. The van der Waals surface area contributed by atoms with Crippen LogP contribution in [0.15, 0.2) is 45.8 Å². The fourth-order valence-corrected chi connectivity index (χ4v) is 4.47. The van der Waals surface area contributed by atoms with Crippen LogP contribution in [0.5, 0.6) is 0 Å². The number of piperidine rings is 1. The Labute approximate surface area is 208 Å². The number of benzene rings is 1. The lowest BCUT2D eigenvalue weighted by Gasteiger charge is -2.33. The van der Waals surface area contributed by atoms with Crippen LogP contribution < -0.4 is 5.56 Å². The molecule has 10 heteroatoms. The van der Waals surface area contributed by atoms with Gasteiger partial charge in [0.05, 0.1) is 11.9 Å². The molecule has 0 aliphatic carbocycles. The van der Waals surface area contributed by atoms with Gasteiger partial charge < -0.3 is 19.1 Å². The zero-order valence-corrected chi connectivity index (χ0v) is 20.9. The number of carbonyl (C=O) groups excluding carboxylic acids is 1. The van der Waals surface area contributed by atoms with E-state index in [1.165, 1.54) is 5.56 Å². The Morgan fingerprint density at radius 3 is 2.61 bits per heavy atom. The van der Waals surface area contributed by atoms with E-state index in [0.29, 0.717) is 55.3 Å². The summed E-state index contributed by atoms with van der Waals surface area (Å²) in [6.45, 7) is 8.71. The fourth-order valence-electron chi connectivity index (χ4n) is 4.47. The minimum Gasteiger partial charge on any atom is -0.444 e. The molecule has 4 aromatic rings. The number of nitrogens with zero attached hydrogens (tertiary/aromatic N) is 5. The molecule has 36 heavy (non-hydrogen) atoms. The topological polar surface area (TPSA) is 119 Å². The number of nitrogens with one attached hydrogen (secondary N) is 1. The summed E-state index contributed by atoms with van der Waals surface area (Å²) >= 11 is 0. The Balaban J connectivity index is 1.36. The highest BCUT2D eigenvalue weighted by Gasteiger charge is 2.29. The molecule has 0 saturated carbocycles. The molecule has 0 bridgehead atoms. The van der Waals surface area contributed by atoms with Gasteiger partial charge in [0, 0.05) is 31.5 Å². The molecule has 10 nitrogen and oxygen atoms in total. The van der Waals surface area contributed by atoms with Gasteiger partial charge in [-0.1, -0.05) is 35.0 Å². The van der Waals surface area contributed by atoms with Gasteiger partial charge in [-0.25, -0.2) is 9.31 Å². The molecule has 0 spiro atoms. The van der Waals surface area contributed by atoms with Crippen molar-refractivity contribution >= 4 is 11.7 Å². The second kappa shape index (κ2) is 9.25. The predicted octanol–water partition coefficient (Wildman–Crippen LogP) is 4.09. The summed E-state index contributed by atoms with van der Waals surface area (Å²) < 4.78 is 12.8. The number of aromatic amines is 1. The van der Waals surface area contributed by atoms with Crippen molar-refractivity contribution in [2.24, 2.45) is 0 Å². The van der Waals surface area contributed by atoms with Crippen LogP contribution in [0.25, 0.3) is 17.1 Å². The van der Waals surface area contributed by atoms with Gasteiger partial charge in [0.15, 0.2) is 5.82 Å². The number of likely N-dealkylation sites (tertiary alicyclic amines) is 1. The average Bonchev–Trinajstić information content (AvgIpc) is 3.46. The minimum absolute atomic E-state index is 0.0704. The maximum atomic E-state index is 12.6. The summed E-state index contributed by atoms with van der Waals surface area (Å²) in [4.78, 5) is 34.1. The molecule has 1 aliphatic rings. The number of fused-ring (bicyclic) bond motifs is 1. The number of hydrogen-bond donors (Lipinski definition) is 1. The van der Waals surface area contributed by atoms with Gasteiger partial charge in [-0.3, -0.25) is 4.79 Å². The maximum Gasteiger partial charge on any atom is 0.410 e. The number of ether oxygens (including phenoxy) is 1. The van der Waals surface area contributed by atoms with Crippen molar-refractivity contribution in [3.05, 3.63) is 69.5 Å². The normalized spacial score (nSPS) is 14.9. The van der Waals surface area contributed by atoms with E-state index in [1.807, 2.05) is 52.0 Å². The van der Waals surface area contributed by atoms with E-state index in [0.717, 1.165) is 11.3 Å². The molecule has 1 N–H and O–H groups in total. The Morgan fingerprint density at radius 1 is 1.19 bits per heavy atom. The van der Waals surface area contributed by atoms with Crippen LogP contribution in [-0.4, -0.2) is 54.4 Å². The van der Waals surface area contributed by atoms with Crippen LogP contribution >= 0.6 is 0 Å². The quantitative estimate of drug-likeness (QED) is 0.458. The summed E-state index contributed by atoms with van der Waals surface area (Å²) in [6, 6.07) is 9.75. The van der Waals surface area contributed by atoms with Crippen molar-refractivity contribution < 1.29 is 14.1 Å². The number of aromatic nitrogens is 5. The number of rotatable bonds is 4. The number of amides is 1. The SMILES string of the molecule is Cc1ccc(Cc2noc(-c3cnn4c(C5CCN(C(=O)OC(C)(C)C)CC5)cc(=O)[nH]c34)n2)cc1. The van der Waals surface area contributed by atoms with Crippen LogP contribution in [-0.2, 0) is 11.2 Å². The highest BCUT2D eigenvalue weighted by Crippen LogP contribution is 2.30. The first-order valence-electron chi connectivity index (χ1n) is 12.1. The van der Waals surface area contributed by atoms with E-state index < -0.39 is 5.60 Å². The van der Waals surface area contributed by atoms with Crippen LogP contribution in [0.2, 0.25) is 0 Å². The zero-order chi connectivity index (χ0) is 25.4. The van der Waals surface area contributed by atoms with Gasteiger partial charge in [-0.15, -0.1) is 0 Å². The second-order valence-electron chi connectivity index (χ2n) is 10.3. The molecule has 0 unspecified atom stereocenters. The van der Waals surface area contributed by atoms with Crippen molar-refractivity contribution in [2.75, 3.05) is 13.1 Å². The van der Waals surface area contributed by atoms with E-state index in [-0.39, 0.29) is 17.6 Å². The third-order valence-electron chi connectivity index (χ3n) is 6.28. The highest BCUT2D eigenvalue weighted by molar-refractivity contribution is 5.71. The average molecular weight is 491 g/mol. The Hall–Kier alpha value is -3.95. The summed E-state index contributed by atoms with van der Waals surface area (Å²) in [7, 11) is 0. The molecule has 1 aromatic carbocycles. The number of aryl methyl sites for hydroxylation is 1. The van der Waals surface area contributed by atoms with E-state index in [9.17, 15) is 9.59 Å². The molecule has 1 fully saturated rings. The lowest BCUT2D eigenvalue weighted by Crippen LogP contribution is -2.41. The van der Waals surface area contributed by atoms with Gasteiger partial charge in [0.1, 0.15) is 16.8 Å². The molecular formula is C26H30N6O4. The Kier molecular flexibility index (Phi) is 6.11. The van der Waals surface area contributed by atoms with Crippen molar-refractivity contribution in [1.29, 1.82) is 0 Å². The van der Waals surface area contributed by atoms with Crippen molar-refractivity contribution in [3.63, 3.8) is 0 Å². The lowest BCUT2D eigenvalue weighted by atomic mass is 9.93. The first kappa shape index (κ1) is 23.8. The molecular weight excluding hydrogens is 460 g/mol. The predicted molar refractivity (Wildman–Crippen MR) is 133 cm³/mol. The van der Waals surface area contributed by atoms with E-state index >= 15 is 0 Å². The number of H-pyrrole nitrogens is 1. The summed E-state index contributed by atoms with van der Waals surface area (Å²) in [5.74, 6) is 0.932. The third-order valence-corrected chi connectivity index (χ3v) is 6.28. The first-order chi connectivity index (χ1) is 17.2. The molecule has 188 valence electrons. The maximum absolute atomic E-state index is 12.6. The van der Waals surface area contributed by atoms with Gasteiger partial charge in [0.2, 0.25) is 0 Å². The van der Waals surface area contributed by atoms with Gasteiger partial charge in [0.25, 0.3) is 11.4 Å². The molecule has 1 aliphatic heterocycles. The lowest BCUT2D eigenvalue weighted by molar-refractivity contribution is 0.0203. The second-order valence-corrected chi connectivity index (χ2v) is 10.3. The fraction of sp³-hybridized carbons (Fsp3) is 0.423. The molecule has 5 rings (SSSR count). The van der Waals surface area contributed by atoms with Crippen molar-refractivity contribution in [1.82, 2.24) is 29.6 Å². The first-order valence-corrected chi connectivity index (χ1v) is 12.1. The summed E-state index contributed by atoms with van der Waals surface area (Å²) in [5.41, 5.74) is 3.39. The van der Waals surface area contributed by atoms with Gasteiger partial charge >= 0.3 is 6.09 Å².